The first-order valence-corrected chi connectivity index (χ1v) is 9.18. The van der Waals surface area contributed by atoms with Crippen molar-refractivity contribution in [3.8, 4) is 0 Å². The molecule has 0 N–H and O–H groups in total. The predicted octanol–water partition coefficient (Wildman–Crippen LogP) is 4.72. The van der Waals surface area contributed by atoms with E-state index < -0.39 is 8.07 Å². The molecule has 2 heteroatoms. The van der Waals surface area contributed by atoms with Gasteiger partial charge in [0.2, 0.25) is 0 Å². The Hall–Kier alpha value is -1.02. The zero-order chi connectivity index (χ0) is 13.1. The maximum absolute atomic E-state index is 5.56. The lowest BCUT2D eigenvalue weighted by Crippen LogP contribution is -2.35. The van der Waals surface area contributed by atoms with Crippen molar-refractivity contribution in [1.82, 2.24) is 0 Å². The van der Waals surface area contributed by atoms with Crippen LogP contribution in [-0.4, -0.2) is 15.2 Å². The fraction of sp³-hybridized carbons (Fsp3) is 0.467. The third kappa shape index (κ3) is 3.47. The van der Waals surface area contributed by atoms with E-state index in [2.05, 4.69) is 51.7 Å². The molecule has 0 aromatic heterocycles. The summed E-state index contributed by atoms with van der Waals surface area (Å²) in [7, 11) is 0.297. The van der Waals surface area contributed by atoms with Crippen molar-refractivity contribution in [2.45, 2.75) is 38.9 Å². The molecule has 1 aromatic rings. The molecule has 0 aliphatic carbocycles. The van der Waals surface area contributed by atoms with Crippen LogP contribution in [0.4, 0.5) is 0 Å². The van der Waals surface area contributed by atoms with Gasteiger partial charge in [-0.3, -0.25) is 0 Å². The summed E-state index contributed by atoms with van der Waals surface area (Å²) in [5.41, 5.74) is 3.53. The van der Waals surface area contributed by atoms with Gasteiger partial charge in [0.25, 0.3) is 0 Å². The van der Waals surface area contributed by atoms with Crippen LogP contribution in [0.1, 0.15) is 26.3 Å². The Morgan fingerprint density at radius 3 is 2.06 bits per heavy atom. The quantitative estimate of drug-likeness (QED) is 0.555. The Balaban J connectivity index is 3.12. The molecule has 0 spiro atoms. The van der Waals surface area contributed by atoms with Crippen LogP contribution >= 0.6 is 0 Å². The van der Waals surface area contributed by atoms with Gasteiger partial charge in [-0.05, 0) is 5.04 Å². The number of hydrogen-bond acceptors (Lipinski definition) is 1. The van der Waals surface area contributed by atoms with Crippen LogP contribution < -0.4 is 0 Å². The lowest BCUT2D eigenvalue weighted by atomic mass is 10.2. The van der Waals surface area contributed by atoms with Crippen LogP contribution in [0.3, 0.4) is 0 Å². The Labute approximate surface area is 107 Å². The highest BCUT2D eigenvalue weighted by atomic mass is 28.3. The largest absolute Gasteiger partial charge is 0.497 e. The molecule has 0 bridgehead atoms. The Bertz CT molecular complexity index is 385. The van der Waals surface area contributed by atoms with Crippen molar-refractivity contribution in [3.63, 3.8) is 0 Å². The highest BCUT2D eigenvalue weighted by molar-refractivity contribution is 6.85. The van der Waals surface area contributed by atoms with E-state index in [0.29, 0.717) is 5.04 Å². The van der Waals surface area contributed by atoms with E-state index in [1.54, 1.807) is 7.11 Å². The third-order valence-electron chi connectivity index (χ3n) is 3.70. The van der Waals surface area contributed by atoms with E-state index in [-0.39, 0.29) is 0 Å². The van der Waals surface area contributed by atoms with Gasteiger partial charge in [0.1, 0.15) is 5.76 Å². The number of hydrogen-bond donors (Lipinski definition) is 0. The molecule has 0 radical (unpaired) electrons. The van der Waals surface area contributed by atoms with Gasteiger partial charge in [-0.2, -0.15) is 0 Å². The zero-order valence-electron chi connectivity index (χ0n) is 11.9. The summed E-state index contributed by atoms with van der Waals surface area (Å²) in [6.07, 6.45) is 0. The number of benzene rings is 1. The molecule has 1 nitrogen and oxygen atoms in total. The summed E-state index contributed by atoms with van der Waals surface area (Å²) in [6.45, 7) is 11.7. The topological polar surface area (TPSA) is 9.23 Å². The van der Waals surface area contributed by atoms with Gasteiger partial charge in [0.15, 0.2) is 0 Å². The first kappa shape index (κ1) is 14.0. The molecule has 0 saturated carbocycles. The van der Waals surface area contributed by atoms with Crippen molar-refractivity contribution in [2.24, 2.45) is 0 Å². The molecule has 0 atom stereocenters. The second kappa shape index (κ2) is 5.09. The Kier molecular flexibility index (Phi) is 4.20. The van der Waals surface area contributed by atoms with E-state index in [4.69, 9.17) is 4.74 Å². The summed E-state index contributed by atoms with van der Waals surface area (Å²) >= 11 is 0. The minimum Gasteiger partial charge on any atom is -0.497 e. The molecule has 0 saturated heterocycles. The molecule has 1 rings (SSSR count). The molecule has 0 aliphatic rings. The summed E-state index contributed by atoms with van der Waals surface area (Å²) in [5.74, 6) is 1.01. The van der Waals surface area contributed by atoms with Crippen LogP contribution in [-0.2, 0) is 4.74 Å². The van der Waals surface area contributed by atoms with Crippen molar-refractivity contribution < 1.29 is 4.74 Å². The molecule has 1 aromatic carbocycles. The third-order valence-corrected chi connectivity index (χ3v) is 8.55. The lowest BCUT2D eigenvalue weighted by Gasteiger charge is -2.34. The van der Waals surface area contributed by atoms with Crippen molar-refractivity contribution >= 4 is 13.8 Å². The van der Waals surface area contributed by atoms with Crippen LogP contribution in [0.2, 0.25) is 18.1 Å². The average Bonchev–Trinajstić information content (AvgIpc) is 2.25. The van der Waals surface area contributed by atoms with Crippen LogP contribution in [0.25, 0.3) is 5.76 Å². The average molecular weight is 248 g/mol. The minimum absolute atomic E-state index is 0.339. The first-order valence-electron chi connectivity index (χ1n) is 6.10. The summed E-state index contributed by atoms with van der Waals surface area (Å²) in [5, 5.41) is 0.339. The van der Waals surface area contributed by atoms with Gasteiger partial charge in [0, 0.05) is 5.56 Å². The molecule has 0 fully saturated rings. The van der Waals surface area contributed by atoms with E-state index >= 15 is 0 Å². The van der Waals surface area contributed by atoms with Gasteiger partial charge in [-0.1, -0.05) is 69.9 Å². The standard InChI is InChI=1S/C15H24OSi/c1-15(2,3)17(5,6)12-14(16-4)13-10-8-7-9-11-13/h7-12H,1-6H3/b14-12-. The predicted molar refractivity (Wildman–Crippen MR) is 78.6 cm³/mol. The van der Waals surface area contributed by atoms with E-state index in [1.165, 1.54) is 5.56 Å². The highest BCUT2D eigenvalue weighted by Crippen LogP contribution is 2.38. The van der Waals surface area contributed by atoms with Gasteiger partial charge < -0.3 is 4.74 Å². The van der Waals surface area contributed by atoms with Gasteiger partial charge >= 0.3 is 0 Å². The van der Waals surface area contributed by atoms with Gasteiger partial charge in [0.05, 0.1) is 15.2 Å². The van der Waals surface area contributed by atoms with Gasteiger partial charge in [-0.25, -0.2) is 0 Å². The normalized spacial score (nSPS) is 13.6. The van der Waals surface area contributed by atoms with Crippen molar-refractivity contribution in [1.29, 1.82) is 0 Å². The number of rotatable bonds is 3. The maximum Gasteiger partial charge on any atom is 0.118 e. The smallest absolute Gasteiger partial charge is 0.118 e. The SMILES string of the molecule is CO/C(=C\[Si](C)(C)C(C)(C)C)c1ccccc1. The molecule has 0 heterocycles. The van der Waals surface area contributed by atoms with Crippen LogP contribution in [0.15, 0.2) is 36.0 Å². The number of ether oxygens (including phenoxy) is 1. The fourth-order valence-electron chi connectivity index (χ4n) is 1.41. The highest BCUT2D eigenvalue weighted by Gasteiger charge is 2.33. The maximum atomic E-state index is 5.56. The van der Waals surface area contributed by atoms with Crippen molar-refractivity contribution in [3.05, 3.63) is 41.6 Å². The molecule has 0 amide bonds. The molecular weight excluding hydrogens is 224 g/mol. The Morgan fingerprint density at radius 2 is 1.65 bits per heavy atom. The first-order chi connectivity index (χ1) is 7.78. The van der Waals surface area contributed by atoms with E-state index in [0.717, 1.165) is 5.76 Å². The second-order valence-electron chi connectivity index (χ2n) is 6.05. The fourth-order valence-corrected chi connectivity index (χ4v) is 2.78. The summed E-state index contributed by atoms with van der Waals surface area (Å²) in [4.78, 5) is 0. The molecule has 17 heavy (non-hydrogen) atoms. The van der Waals surface area contributed by atoms with E-state index in [1.807, 2.05) is 18.2 Å². The molecular formula is C15H24OSi. The van der Waals surface area contributed by atoms with E-state index in [9.17, 15) is 0 Å². The van der Waals surface area contributed by atoms with Crippen molar-refractivity contribution in [2.75, 3.05) is 7.11 Å². The monoisotopic (exact) mass is 248 g/mol. The Morgan fingerprint density at radius 1 is 1.12 bits per heavy atom. The number of methoxy groups -OCH3 is 1. The lowest BCUT2D eigenvalue weighted by molar-refractivity contribution is 0.370. The minimum atomic E-state index is -1.46. The molecule has 94 valence electrons. The summed E-state index contributed by atoms with van der Waals surface area (Å²) in [6, 6.07) is 10.3. The van der Waals surface area contributed by atoms with Crippen LogP contribution in [0.5, 0.6) is 0 Å². The van der Waals surface area contributed by atoms with Crippen LogP contribution in [0, 0.1) is 0 Å². The van der Waals surface area contributed by atoms with Gasteiger partial charge in [-0.15, -0.1) is 0 Å². The summed E-state index contributed by atoms with van der Waals surface area (Å²) < 4.78 is 5.56. The molecule has 0 unspecified atom stereocenters. The zero-order valence-corrected chi connectivity index (χ0v) is 12.9. The second-order valence-corrected chi connectivity index (χ2v) is 11.3. The molecule has 0 aliphatic heterocycles.